The highest BCUT2D eigenvalue weighted by Crippen LogP contribution is 2.37. The number of aliphatic carboxylic acids is 1. The molecular weight excluding hydrogens is 252 g/mol. The topological polar surface area (TPSA) is 64.3 Å². The molecule has 0 saturated carbocycles. The number of carboxylic acid groups (broad SMARTS) is 1. The molecule has 94 valence electrons. The van der Waals surface area contributed by atoms with Crippen molar-refractivity contribution in [2.24, 2.45) is 0 Å². The fourth-order valence-corrected chi connectivity index (χ4v) is 2.56. The van der Waals surface area contributed by atoms with Gasteiger partial charge in [0.1, 0.15) is 11.6 Å². The van der Waals surface area contributed by atoms with Crippen molar-refractivity contribution in [2.45, 2.75) is 25.3 Å². The molecule has 0 bridgehead atoms. The van der Waals surface area contributed by atoms with Gasteiger partial charge >= 0.3 is 5.97 Å². The zero-order valence-corrected chi connectivity index (χ0v) is 10.7. The van der Waals surface area contributed by atoms with Gasteiger partial charge in [-0.1, -0.05) is 11.6 Å². The monoisotopic (exact) mass is 264 g/mol. The lowest BCUT2D eigenvalue weighted by molar-refractivity contribution is -0.142. The predicted octanol–water partition coefficient (Wildman–Crippen LogP) is 2.66. The summed E-state index contributed by atoms with van der Waals surface area (Å²) < 4.78 is 0. The number of nitriles is 1. The molecule has 1 aliphatic heterocycles. The molecule has 0 radical (unpaired) electrons. The molecule has 1 aliphatic rings. The summed E-state index contributed by atoms with van der Waals surface area (Å²) in [6.07, 6.45) is 1.36. The first-order valence-electron chi connectivity index (χ1n) is 5.70. The second-order valence-electron chi connectivity index (χ2n) is 4.61. The number of carbonyl (C=O) groups is 1. The van der Waals surface area contributed by atoms with Crippen LogP contribution in [-0.4, -0.2) is 23.2 Å². The van der Waals surface area contributed by atoms with Crippen LogP contribution in [0.4, 0.5) is 5.69 Å². The number of benzene rings is 1. The van der Waals surface area contributed by atoms with Crippen molar-refractivity contribution in [3.05, 3.63) is 28.8 Å². The Morgan fingerprint density at radius 2 is 2.33 bits per heavy atom. The Morgan fingerprint density at radius 1 is 1.61 bits per heavy atom. The Bertz CT molecular complexity index is 538. The molecule has 1 heterocycles. The molecular formula is C13H13ClN2O2. The number of rotatable bonds is 2. The van der Waals surface area contributed by atoms with Gasteiger partial charge in [-0.3, -0.25) is 0 Å². The Kier molecular flexibility index (Phi) is 3.18. The fourth-order valence-electron chi connectivity index (χ4n) is 2.39. The molecule has 0 aromatic heterocycles. The standard InChI is InChI=1S/C13H13ClN2O2/c1-13(12(17)18)5-2-6-16(13)11-7-10(14)4-3-9(11)8-15/h3-4,7H,2,5-6H2,1H3,(H,17,18). The van der Waals surface area contributed by atoms with Gasteiger partial charge in [0.15, 0.2) is 0 Å². The number of nitrogens with zero attached hydrogens (tertiary/aromatic N) is 2. The van der Waals surface area contributed by atoms with Crippen LogP contribution in [0.2, 0.25) is 5.02 Å². The average molecular weight is 265 g/mol. The third-order valence-corrected chi connectivity index (χ3v) is 3.71. The summed E-state index contributed by atoms with van der Waals surface area (Å²) in [4.78, 5) is 13.2. The Labute approximate surface area is 110 Å². The van der Waals surface area contributed by atoms with E-state index in [0.29, 0.717) is 29.2 Å². The Hall–Kier alpha value is -1.73. The molecule has 1 fully saturated rings. The SMILES string of the molecule is CC1(C(=O)O)CCCN1c1cc(Cl)ccc1C#N. The van der Waals surface area contributed by atoms with Crippen molar-refractivity contribution in [3.8, 4) is 6.07 Å². The molecule has 5 heteroatoms. The van der Waals surface area contributed by atoms with E-state index in [-0.39, 0.29) is 0 Å². The number of anilines is 1. The summed E-state index contributed by atoms with van der Waals surface area (Å²) in [5, 5.41) is 19.0. The lowest BCUT2D eigenvalue weighted by Gasteiger charge is -2.33. The van der Waals surface area contributed by atoms with E-state index in [1.165, 1.54) is 0 Å². The van der Waals surface area contributed by atoms with Crippen LogP contribution in [0.1, 0.15) is 25.3 Å². The minimum atomic E-state index is -0.962. The largest absolute Gasteiger partial charge is 0.480 e. The Balaban J connectivity index is 2.52. The van der Waals surface area contributed by atoms with Crippen LogP contribution in [0.25, 0.3) is 0 Å². The van der Waals surface area contributed by atoms with Gasteiger partial charge in [0.2, 0.25) is 0 Å². The molecule has 1 atom stereocenters. The second-order valence-corrected chi connectivity index (χ2v) is 5.04. The maximum atomic E-state index is 11.4. The first kappa shape index (κ1) is 12.7. The van der Waals surface area contributed by atoms with E-state index in [1.54, 1.807) is 30.0 Å². The minimum Gasteiger partial charge on any atom is -0.480 e. The maximum Gasteiger partial charge on any atom is 0.329 e. The average Bonchev–Trinajstić information content (AvgIpc) is 2.72. The molecule has 0 amide bonds. The lowest BCUT2D eigenvalue weighted by atomic mass is 9.98. The van der Waals surface area contributed by atoms with Gasteiger partial charge in [-0.05, 0) is 38.0 Å². The molecule has 1 N–H and O–H groups in total. The van der Waals surface area contributed by atoms with Gasteiger partial charge in [-0.25, -0.2) is 4.79 Å². The fraction of sp³-hybridized carbons (Fsp3) is 0.385. The van der Waals surface area contributed by atoms with Crippen LogP contribution in [-0.2, 0) is 4.79 Å². The predicted molar refractivity (Wildman–Crippen MR) is 68.8 cm³/mol. The third kappa shape index (κ3) is 1.91. The maximum absolute atomic E-state index is 11.4. The van der Waals surface area contributed by atoms with Crippen molar-refractivity contribution in [2.75, 3.05) is 11.4 Å². The number of halogens is 1. The van der Waals surface area contributed by atoms with E-state index in [9.17, 15) is 9.90 Å². The van der Waals surface area contributed by atoms with E-state index >= 15 is 0 Å². The first-order valence-corrected chi connectivity index (χ1v) is 6.07. The van der Waals surface area contributed by atoms with E-state index < -0.39 is 11.5 Å². The van der Waals surface area contributed by atoms with E-state index in [1.807, 2.05) is 0 Å². The molecule has 18 heavy (non-hydrogen) atoms. The minimum absolute atomic E-state index is 0.453. The highest BCUT2D eigenvalue weighted by atomic mass is 35.5. The van der Waals surface area contributed by atoms with E-state index in [0.717, 1.165) is 6.42 Å². The summed E-state index contributed by atoms with van der Waals surface area (Å²) >= 11 is 5.94. The summed E-state index contributed by atoms with van der Waals surface area (Å²) in [6, 6.07) is 7.00. The van der Waals surface area contributed by atoms with Gasteiger partial charge in [-0.15, -0.1) is 0 Å². The normalized spacial score (nSPS) is 22.8. The first-order chi connectivity index (χ1) is 8.49. The third-order valence-electron chi connectivity index (χ3n) is 3.47. The van der Waals surface area contributed by atoms with Crippen LogP contribution in [0, 0.1) is 11.3 Å². The van der Waals surface area contributed by atoms with Crippen LogP contribution >= 0.6 is 11.6 Å². The molecule has 0 aliphatic carbocycles. The zero-order chi connectivity index (χ0) is 13.3. The van der Waals surface area contributed by atoms with Gasteiger partial charge in [0, 0.05) is 11.6 Å². The van der Waals surface area contributed by atoms with Gasteiger partial charge < -0.3 is 10.0 Å². The zero-order valence-electron chi connectivity index (χ0n) is 9.98. The van der Waals surface area contributed by atoms with Gasteiger partial charge in [0.25, 0.3) is 0 Å². The molecule has 1 saturated heterocycles. The van der Waals surface area contributed by atoms with Crippen molar-refractivity contribution >= 4 is 23.3 Å². The van der Waals surface area contributed by atoms with Crippen molar-refractivity contribution < 1.29 is 9.90 Å². The quantitative estimate of drug-likeness (QED) is 0.892. The van der Waals surface area contributed by atoms with Crippen molar-refractivity contribution in [1.29, 1.82) is 5.26 Å². The van der Waals surface area contributed by atoms with Crippen LogP contribution in [0.3, 0.4) is 0 Å². The molecule has 1 aromatic rings. The number of carboxylic acids is 1. The molecule has 4 nitrogen and oxygen atoms in total. The Morgan fingerprint density at radius 3 is 2.94 bits per heavy atom. The van der Waals surface area contributed by atoms with Gasteiger partial charge in [-0.2, -0.15) is 5.26 Å². The van der Waals surface area contributed by atoms with Crippen molar-refractivity contribution in [3.63, 3.8) is 0 Å². The lowest BCUT2D eigenvalue weighted by Crippen LogP contribution is -2.48. The molecule has 0 spiro atoms. The van der Waals surface area contributed by atoms with E-state index in [4.69, 9.17) is 16.9 Å². The van der Waals surface area contributed by atoms with E-state index in [2.05, 4.69) is 6.07 Å². The van der Waals surface area contributed by atoms with Gasteiger partial charge in [0.05, 0.1) is 11.3 Å². The number of hydrogen-bond donors (Lipinski definition) is 1. The van der Waals surface area contributed by atoms with Crippen molar-refractivity contribution in [1.82, 2.24) is 0 Å². The molecule has 1 aromatic carbocycles. The second kappa shape index (κ2) is 4.51. The van der Waals surface area contributed by atoms with Crippen LogP contribution in [0.5, 0.6) is 0 Å². The smallest absolute Gasteiger partial charge is 0.329 e. The number of hydrogen-bond acceptors (Lipinski definition) is 3. The summed E-state index contributed by atoms with van der Waals surface area (Å²) in [5.74, 6) is -0.871. The molecule has 1 unspecified atom stereocenters. The van der Waals surface area contributed by atoms with Crippen LogP contribution in [0.15, 0.2) is 18.2 Å². The summed E-state index contributed by atoms with van der Waals surface area (Å²) in [7, 11) is 0. The highest BCUT2D eigenvalue weighted by Gasteiger charge is 2.44. The highest BCUT2D eigenvalue weighted by molar-refractivity contribution is 6.30. The summed E-state index contributed by atoms with van der Waals surface area (Å²) in [6.45, 7) is 2.31. The summed E-state index contributed by atoms with van der Waals surface area (Å²) in [5.41, 5.74) is 0.0946. The molecule has 2 rings (SSSR count). The van der Waals surface area contributed by atoms with Crippen LogP contribution < -0.4 is 4.90 Å².